The Morgan fingerprint density at radius 3 is 2.86 bits per heavy atom. The third-order valence-corrected chi connectivity index (χ3v) is 4.97. The molecule has 0 aromatic heterocycles. The number of ether oxygens (including phenoxy) is 2. The maximum absolute atomic E-state index is 11.8. The summed E-state index contributed by atoms with van der Waals surface area (Å²) in [5.74, 6) is 1.79. The van der Waals surface area contributed by atoms with Gasteiger partial charge in [0, 0.05) is 37.5 Å². The minimum atomic E-state index is 0.118. The Balaban J connectivity index is 1.51. The highest BCUT2D eigenvalue weighted by molar-refractivity contribution is 5.80. The van der Waals surface area contributed by atoms with Crippen LogP contribution in [-0.2, 0) is 16.1 Å². The minimum Gasteiger partial charge on any atom is -0.488 e. The first-order valence-corrected chi connectivity index (χ1v) is 10.8. The molecule has 2 aliphatic rings. The molecule has 29 heavy (non-hydrogen) atoms. The maximum atomic E-state index is 11.8. The van der Waals surface area contributed by atoms with Crippen LogP contribution < -0.4 is 20.7 Å². The van der Waals surface area contributed by atoms with Crippen LogP contribution in [0.4, 0.5) is 0 Å². The normalized spacial score (nSPS) is 19.1. The summed E-state index contributed by atoms with van der Waals surface area (Å²) in [7, 11) is 0. The van der Waals surface area contributed by atoms with Crippen LogP contribution in [-0.4, -0.2) is 50.3 Å². The molecular formula is C22H34N4O3. The van der Waals surface area contributed by atoms with E-state index in [2.05, 4.69) is 41.1 Å². The molecule has 0 radical (unpaired) electrons. The molecule has 160 valence electrons. The molecule has 1 amide bonds. The van der Waals surface area contributed by atoms with Crippen molar-refractivity contribution in [3.05, 3.63) is 29.3 Å². The van der Waals surface area contributed by atoms with Crippen molar-refractivity contribution in [3.8, 4) is 5.75 Å². The summed E-state index contributed by atoms with van der Waals surface area (Å²) >= 11 is 0. The predicted molar refractivity (Wildman–Crippen MR) is 114 cm³/mol. The monoisotopic (exact) mass is 402 g/mol. The van der Waals surface area contributed by atoms with Crippen LogP contribution >= 0.6 is 0 Å². The van der Waals surface area contributed by atoms with Gasteiger partial charge in [0.1, 0.15) is 11.9 Å². The molecule has 2 fully saturated rings. The number of hydrogen-bond acceptors (Lipinski definition) is 4. The van der Waals surface area contributed by atoms with Gasteiger partial charge in [0.05, 0.1) is 19.8 Å². The van der Waals surface area contributed by atoms with E-state index in [0.717, 1.165) is 56.1 Å². The van der Waals surface area contributed by atoms with Crippen LogP contribution in [0.1, 0.15) is 50.2 Å². The number of benzene rings is 1. The minimum absolute atomic E-state index is 0.118. The Morgan fingerprint density at radius 2 is 2.14 bits per heavy atom. The fraction of sp³-hybridized carbons (Fsp3) is 0.636. The number of aliphatic imine (C=N–C) groups is 1. The second-order valence-corrected chi connectivity index (χ2v) is 7.78. The molecule has 7 heteroatoms. The van der Waals surface area contributed by atoms with E-state index in [9.17, 15) is 4.79 Å². The van der Waals surface area contributed by atoms with Gasteiger partial charge in [-0.15, -0.1) is 0 Å². The maximum Gasteiger partial charge on any atom is 0.220 e. The lowest BCUT2D eigenvalue weighted by Crippen LogP contribution is -2.38. The van der Waals surface area contributed by atoms with Gasteiger partial charge in [-0.05, 0) is 44.7 Å². The largest absolute Gasteiger partial charge is 0.488 e. The van der Waals surface area contributed by atoms with Crippen molar-refractivity contribution in [1.82, 2.24) is 16.0 Å². The number of rotatable bonds is 10. The Labute approximate surface area is 173 Å². The van der Waals surface area contributed by atoms with E-state index in [1.807, 2.05) is 6.92 Å². The van der Waals surface area contributed by atoms with E-state index in [1.54, 1.807) is 0 Å². The zero-order valence-electron chi connectivity index (χ0n) is 17.6. The first kappa shape index (κ1) is 21.4. The smallest absolute Gasteiger partial charge is 0.220 e. The van der Waals surface area contributed by atoms with Crippen LogP contribution in [0.2, 0.25) is 0 Å². The lowest BCUT2D eigenvalue weighted by molar-refractivity contribution is -0.121. The molecule has 1 saturated heterocycles. The molecular weight excluding hydrogens is 368 g/mol. The van der Waals surface area contributed by atoms with Gasteiger partial charge in [0.2, 0.25) is 5.91 Å². The number of aryl methyl sites for hydroxylation is 1. The summed E-state index contributed by atoms with van der Waals surface area (Å²) < 4.78 is 11.6. The van der Waals surface area contributed by atoms with Crippen molar-refractivity contribution in [2.75, 3.05) is 26.3 Å². The fourth-order valence-electron chi connectivity index (χ4n) is 3.18. The molecule has 0 bridgehead atoms. The first-order valence-electron chi connectivity index (χ1n) is 10.8. The third kappa shape index (κ3) is 7.57. The number of nitrogens with one attached hydrogen (secondary N) is 3. The number of amides is 1. The molecule has 1 heterocycles. The van der Waals surface area contributed by atoms with E-state index in [1.165, 1.54) is 5.56 Å². The van der Waals surface area contributed by atoms with Crippen molar-refractivity contribution >= 4 is 11.9 Å². The van der Waals surface area contributed by atoms with Crippen molar-refractivity contribution in [3.63, 3.8) is 0 Å². The van der Waals surface area contributed by atoms with Crippen LogP contribution in [0.3, 0.4) is 0 Å². The lowest BCUT2D eigenvalue weighted by atomic mass is 10.1. The summed E-state index contributed by atoms with van der Waals surface area (Å²) in [6.45, 7) is 7.54. The first-order chi connectivity index (χ1) is 14.1. The van der Waals surface area contributed by atoms with E-state index in [0.29, 0.717) is 32.2 Å². The Hall–Kier alpha value is -2.28. The number of carbonyl (C=O) groups excluding carboxylic acids is 1. The van der Waals surface area contributed by atoms with Gasteiger partial charge in [0.25, 0.3) is 0 Å². The molecule has 0 spiro atoms. The third-order valence-electron chi connectivity index (χ3n) is 4.97. The van der Waals surface area contributed by atoms with E-state index in [-0.39, 0.29) is 12.0 Å². The Kier molecular flexibility index (Phi) is 8.16. The number of hydrogen-bond donors (Lipinski definition) is 3. The standard InChI is InChI=1S/C22H34N4O3/c1-3-23-22(24-11-4-5-21(27)26-18-8-9-18)25-14-17-7-6-16(2)13-20(17)29-19-10-12-28-15-19/h6-7,13,18-19H,3-5,8-12,14-15H2,1-2H3,(H,26,27)(H2,23,24,25). The van der Waals surface area contributed by atoms with Gasteiger partial charge in [-0.25, -0.2) is 4.99 Å². The predicted octanol–water partition coefficient (Wildman–Crippen LogP) is 2.28. The highest BCUT2D eigenvalue weighted by Gasteiger charge is 2.22. The summed E-state index contributed by atoms with van der Waals surface area (Å²) in [4.78, 5) is 16.5. The van der Waals surface area contributed by atoms with Crippen molar-refractivity contribution in [1.29, 1.82) is 0 Å². The molecule has 1 unspecified atom stereocenters. The van der Waals surface area contributed by atoms with Crippen LogP contribution in [0.5, 0.6) is 5.75 Å². The van der Waals surface area contributed by atoms with Crippen molar-refractivity contribution < 1.29 is 14.3 Å². The van der Waals surface area contributed by atoms with E-state index < -0.39 is 0 Å². The molecule has 1 aliphatic carbocycles. The molecule has 1 aromatic rings. The van der Waals surface area contributed by atoms with Gasteiger partial charge in [-0.1, -0.05) is 12.1 Å². The number of carbonyl (C=O) groups is 1. The summed E-state index contributed by atoms with van der Waals surface area (Å²) in [5, 5.41) is 9.60. The Bertz CT molecular complexity index is 697. The molecule has 7 nitrogen and oxygen atoms in total. The summed E-state index contributed by atoms with van der Waals surface area (Å²) in [6.07, 6.45) is 4.62. The molecule has 1 saturated carbocycles. The second-order valence-electron chi connectivity index (χ2n) is 7.78. The average Bonchev–Trinajstić information content (AvgIpc) is 3.36. The molecule has 1 aromatic carbocycles. The fourth-order valence-corrected chi connectivity index (χ4v) is 3.18. The zero-order chi connectivity index (χ0) is 20.5. The van der Waals surface area contributed by atoms with Crippen LogP contribution in [0, 0.1) is 6.92 Å². The highest BCUT2D eigenvalue weighted by atomic mass is 16.5. The van der Waals surface area contributed by atoms with Crippen molar-refractivity contribution in [2.24, 2.45) is 4.99 Å². The molecule has 1 atom stereocenters. The van der Waals surface area contributed by atoms with E-state index in [4.69, 9.17) is 14.5 Å². The topological polar surface area (TPSA) is 84.0 Å². The van der Waals surface area contributed by atoms with Gasteiger partial charge in [-0.3, -0.25) is 4.79 Å². The van der Waals surface area contributed by atoms with E-state index >= 15 is 0 Å². The number of guanidine groups is 1. The van der Waals surface area contributed by atoms with Crippen LogP contribution in [0.15, 0.2) is 23.2 Å². The second kappa shape index (κ2) is 11.0. The van der Waals surface area contributed by atoms with Gasteiger partial charge < -0.3 is 25.4 Å². The SMILES string of the molecule is CCNC(=NCc1ccc(C)cc1OC1CCOC1)NCCCC(=O)NC1CC1. The molecule has 3 N–H and O–H groups in total. The van der Waals surface area contributed by atoms with Gasteiger partial charge >= 0.3 is 0 Å². The number of nitrogens with zero attached hydrogens (tertiary/aromatic N) is 1. The molecule has 1 aliphatic heterocycles. The Morgan fingerprint density at radius 1 is 1.28 bits per heavy atom. The quantitative estimate of drug-likeness (QED) is 0.318. The lowest BCUT2D eigenvalue weighted by Gasteiger charge is -2.16. The van der Waals surface area contributed by atoms with Crippen molar-refractivity contribution in [2.45, 2.75) is 64.6 Å². The van der Waals surface area contributed by atoms with Crippen LogP contribution in [0.25, 0.3) is 0 Å². The highest BCUT2D eigenvalue weighted by Crippen LogP contribution is 2.24. The summed E-state index contributed by atoms with van der Waals surface area (Å²) in [5.41, 5.74) is 2.23. The average molecular weight is 403 g/mol. The van der Waals surface area contributed by atoms with Gasteiger partial charge in [0.15, 0.2) is 5.96 Å². The van der Waals surface area contributed by atoms with Gasteiger partial charge in [-0.2, -0.15) is 0 Å². The zero-order valence-corrected chi connectivity index (χ0v) is 17.6. The molecule has 3 rings (SSSR count). The summed E-state index contributed by atoms with van der Waals surface area (Å²) in [6, 6.07) is 6.66.